The Kier molecular flexibility index (Phi) is 5.32. The summed E-state index contributed by atoms with van der Waals surface area (Å²) in [6.45, 7) is 2.37. The molecule has 0 radical (unpaired) electrons. The molecule has 1 atom stereocenters. The number of nitrogens with one attached hydrogen (secondary N) is 3. The molecular formula is C21H22ClN4O2+. The van der Waals surface area contributed by atoms with Crippen LogP contribution in [-0.4, -0.2) is 16.2 Å². The average Bonchev–Trinajstić information content (AvgIpc) is 2.70. The van der Waals surface area contributed by atoms with Gasteiger partial charge in [-0.15, -0.1) is 0 Å². The minimum absolute atomic E-state index is 0.320. The van der Waals surface area contributed by atoms with Crippen molar-refractivity contribution >= 4 is 17.4 Å². The lowest BCUT2D eigenvalue weighted by Crippen LogP contribution is -3.11. The summed E-state index contributed by atoms with van der Waals surface area (Å²) in [6.07, 6.45) is 0.719. The van der Waals surface area contributed by atoms with E-state index >= 15 is 0 Å². The zero-order valence-electron chi connectivity index (χ0n) is 15.4. The number of anilines is 1. The lowest BCUT2D eigenvalue weighted by Gasteiger charge is -2.28. The Bertz CT molecular complexity index is 1090. The van der Waals surface area contributed by atoms with Crippen LogP contribution in [0.4, 0.5) is 5.82 Å². The maximum absolute atomic E-state index is 12.4. The van der Waals surface area contributed by atoms with Crippen molar-refractivity contribution in [3.8, 4) is 0 Å². The fraction of sp³-hybridized carbons (Fsp3) is 0.238. The van der Waals surface area contributed by atoms with E-state index in [0.29, 0.717) is 37.7 Å². The van der Waals surface area contributed by atoms with Gasteiger partial charge in [0.15, 0.2) is 6.67 Å². The molecule has 3 N–H and O–H groups in total. The first-order valence-corrected chi connectivity index (χ1v) is 9.70. The number of aromatic amines is 1. The van der Waals surface area contributed by atoms with Crippen LogP contribution in [0, 0.1) is 0 Å². The van der Waals surface area contributed by atoms with Crippen LogP contribution in [0.5, 0.6) is 0 Å². The van der Waals surface area contributed by atoms with Crippen molar-refractivity contribution < 1.29 is 4.90 Å². The van der Waals surface area contributed by atoms with E-state index in [0.717, 1.165) is 22.6 Å². The molecule has 7 heteroatoms. The van der Waals surface area contributed by atoms with Gasteiger partial charge in [-0.05, 0) is 18.1 Å². The molecule has 1 aromatic heterocycles. The fourth-order valence-corrected chi connectivity index (χ4v) is 3.84. The zero-order chi connectivity index (χ0) is 19.5. The van der Waals surface area contributed by atoms with Gasteiger partial charge in [0.2, 0.25) is 0 Å². The SMILES string of the molecule is O=c1[nH]c(=O)n(CCc2ccccc2)c2c1C[NH+](Cc1ccccc1Cl)CN2. The molecule has 2 heterocycles. The minimum atomic E-state index is -0.373. The van der Waals surface area contributed by atoms with Crippen molar-refractivity contribution in [1.29, 1.82) is 0 Å². The Morgan fingerprint density at radius 3 is 2.57 bits per heavy atom. The summed E-state index contributed by atoms with van der Waals surface area (Å²) in [6, 6.07) is 17.7. The number of aryl methyl sites for hydroxylation is 1. The highest BCUT2D eigenvalue weighted by Gasteiger charge is 2.25. The third-order valence-electron chi connectivity index (χ3n) is 5.09. The van der Waals surface area contributed by atoms with Gasteiger partial charge in [0.25, 0.3) is 5.56 Å². The van der Waals surface area contributed by atoms with E-state index in [9.17, 15) is 9.59 Å². The first kappa shape index (κ1) is 18.5. The predicted octanol–water partition coefficient (Wildman–Crippen LogP) is 1.40. The summed E-state index contributed by atoms with van der Waals surface area (Å²) in [7, 11) is 0. The van der Waals surface area contributed by atoms with Gasteiger partial charge < -0.3 is 10.2 Å². The van der Waals surface area contributed by atoms with Crippen LogP contribution in [0.15, 0.2) is 64.2 Å². The lowest BCUT2D eigenvalue weighted by atomic mass is 10.1. The van der Waals surface area contributed by atoms with Gasteiger partial charge in [0.1, 0.15) is 24.5 Å². The van der Waals surface area contributed by atoms with E-state index in [2.05, 4.69) is 10.3 Å². The van der Waals surface area contributed by atoms with Gasteiger partial charge in [0, 0.05) is 17.1 Å². The maximum atomic E-state index is 12.4. The van der Waals surface area contributed by atoms with Crippen molar-refractivity contribution in [2.24, 2.45) is 0 Å². The van der Waals surface area contributed by atoms with E-state index in [1.807, 2.05) is 54.6 Å². The number of hydrogen-bond acceptors (Lipinski definition) is 3. The van der Waals surface area contributed by atoms with E-state index in [1.165, 1.54) is 4.90 Å². The first-order valence-electron chi connectivity index (χ1n) is 9.32. The Morgan fingerprint density at radius 2 is 1.79 bits per heavy atom. The Labute approximate surface area is 167 Å². The van der Waals surface area contributed by atoms with Gasteiger partial charge >= 0.3 is 5.69 Å². The number of aromatic nitrogens is 2. The molecule has 0 fully saturated rings. The van der Waals surface area contributed by atoms with E-state index < -0.39 is 0 Å². The molecule has 144 valence electrons. The topological polar surface area (TPSA) is 71.3 Å². The number of halogens is 1. The maximum Gasteiger partial charge on any atom is 0.329 e. The molecule has 28 heavy (non-hydrogen) atoms. The second-order valence-electron chi connectivity index (χ2n) is 7.02. The standard InChI is InChI=1S/C21H21ClN4O2/c22-18-9-5-4-8-16(18)12-25-13-17-19(23-14-25)26(21(28)24-20(17)27)11-10-15-6-2-1-3-7-15/h1-9,23H,10-14H2,(H,24,27,28)/p+1. The van der Waals surface area contributed by atoms with E-state index in [1.54, 1.807) is 4.57 Å². The molecule has 0 amide bonds. The van der Waals surface area contributed by atoms with Crippen LogP contribution in [0.1, 0.15) is 16.7 Å². The fourth-order valence-electron chi connectivity index (χ4n) is 3.63. The first-order chi connectivity index (χ1) is 13.6. The van der Waals surface area contributed by atoms with Gasteiger partial charge in [-0.25, -0.2) is 4.79 Å². The van der Waals surface area contributed by atoms with Crippen LogP contribution in [-0.2, 0) is 26.1 Å². The molecule has 0 aliphatic carbocycles. The normalized spacial score (nSPS) is 15.7. The molecule has 0 spiro atoms. The summed E-state index contributed by atoms with van der Waals surface area (Å²) in [5, 5.41) is 4.03. The van der Waals surface area contributed by atoms with E-state index in [-0.39, 0.29) is 11.2 Å². The Morgan fingerprint density at radius 1 is 1.04 bits per heavy atom. The number of hydrogen-bond donors (Lipinski definition) is 3. The third kappa shape index (κ3) is 3.88. The minimum Gasteiger partial charge on any atom is -0.324 e. The van der Waals surface area contributed by atoms with Crippen LogP contribution in [0.3, 0.4) is 0 Å². The molecule has 4 rings (SSSR count). The molecule has 3 aromatic rings. The number of rotatable bonds is 5. The molecule has 1 aliphatic heterocycles. The van der Waals surface area contributed by atoms with Crippen molar-refractivity contribution in [1.82, 2.24) is 9.55 Å². The van der Waals surface area contributed by atoms with Crippen LogP contribution in [0.2, 0.25) is 5.02 Å². The summed E-state index contributed by atoms with van der Waals surface area (Å²) < 4.78 is 1.63. The molecular weight excluding hydrogens is 376 g/mol. The molecule has 0 bridgehead atoms. The smallest absolute Gasteiger partial charge is 0.324 e. The van der Waals surface area contributed by atoms with Crippen molar-refractivity contribution in [3.05, 3.63) is 97.1 Å². The second kappa shape index (κ2) is 8.04. The van der Waals surface area contributed by atoms with Crippen LogP contribution < -0.4 is 21.5 Å². The number of nitrogens with zero attached hydrogens (tertiary/aromatic N) is 1. The molecule has 1 unspecified atom stereocenters. The largest absolute Gasteiger partial charge is 0.329 e. The number of H-pyrrole nitrogens is 1. The Hall–Kier alpha value is -2.83. The van der Waals surface area contributed by atoms with E-state index in [4.69, 9.17) is 11.6 Å². The average molecular weight is 398 g/mol. The van der Waals surface area contributed by atoms with Crippen molar-refractivity contribution in [2.75, 3.05) is 12.0 Å². The van der Waals surface area contributed by atoms with Crippen molar-refractivity contribution in [2.45, 2.75) is 26.1 Å². The van der Waals surface area contributed by atoms with Crippen molar-refractivity contribution in [3.63, 3.8) is 0 Å². The van der Waals surface area contributed by atoms with Gasteiger partial charge in [-0.2, -0.15) is 0 Å². The van der Waals surface area contributed by atoms with Crippen LogP contribution >= 0.6 is 11.6 Å². The highest BCUT2D eigenvalue weighted by Crippen LogP contribution is 2.15. The highest BCUT2D eigenvalue weighted by atomic mass is 35.5. The monoisotopic (exact) mass is 397 g/mol. The summed E-state index contributed by atoms with van der Waals surface area (Å²) in [4.78, 5) is 28.5. The number of quaternary nitrogens is 1. The molecule has 1 aliphatic rings. The van der Waals surface area contributed by atoms with Crippen LogP contribution in [0.25, 0.3) is 0 Å². The summed E-state index contributed by atoms with van der Waals surface area (Å²) >= 11 is 6.27. The second-order valence-corrected chi connectivity index (χ2v) is 7.43. The molecule has 0 saturated carbocycles. The molecule has 0 saturated heterocycles. The quantitative estimate of drug-likeness (QED) is 0.609. The zero-order valence-corrected chi connectivity index (χ0v) is 16.1. The predicted molar refractivity (Wildman–Crippen MR) is 110 cm³/mol. The summed E-state index contributed by atoms with van der Waals surface area (Å²) in [5.41, 5.74) is 2.11. The number of fused-ring (bicyclic) bond motifs is 1. The van der Waals surface area contributed by atoms with Gasteiger partial charge in [0.05, 0.1) is 0 Å². The lowest BCUT2D eigenvalue weighted by molar-refractivity contribution is -0.926. The number of benzene rings is 2. The highest BCUT2D eigenvalue weighted by molar-refractivity contribution is 6.31. The van der Waals surface area contributed by atoms with Gasteiger partial charge in [-0.1, -0.05) is 60.1 Å². The molecule has 2 aromatic carbocycles. The van der Waals surface area contributed by atoms with Gasteiger partial charge in [-0.3, -0.25) is 14.3 Å². The summed E-state index contributed by atoms with van der Waals surface area (Å²) in [5.74, 6) is 0.632. The third-order valence-corrected chi connectivity index (χ3v) is 5.46. The Balaban J connectivity index is 1.57. The molecule has 6 nitrogen and oxygen atoms in total.